The van der Waals surface area contributed by atoms with Crippen LogP contribution in [-0.4, -0.2) is 20.1 Å². The van der Waals surface area contributed by atoms with Crippen LogP contribution in [0.2, 0.25) is 0 Å². The molecule has 0 unspecified atom stereocenters. The number of benzene rings is 1. The molecule has 0 saturated heterocycles. The number of hydrogen-bond donors (Lipinski definition) is 1. The average Bonchev–Trinajstić information content (AvgIpc) is 2.27. The smallest absolute Gasteiger partial charge is 0.224 e. The Morgan fingerprint density at radius 1 is 1.22 bits per heavy atom. The maximum Gasteiger partial charge on any atom is 0.224 e. The highest BCUT2D eigenvalue weighted by molar-refractivity contribution is 5.92. The molecule has 0 atom stereocenters. The van der Waals surface area contributed by atoms with E-state index in [0.717, 1.165) is 0 Å². The predicted molar refractivity (Wildman–Crippen MR) is 72.2 cm³/mol. The van der Waals surface area contributed by atoms with Gasteiger partial charge in [0.05, 0.1) is 19.9 Å². The van der Waals surface area contributed by atoms with Gasteiger partial charge < -0.3 is 14.8 Å². The molecule has 100 valence electrons. The zero-order valence-corrected chi connectivity index (χ0v) is 11.7. The summed E-state index contributed by atoms with van der Waals surface area (Å²) in [6.45, 7) is 6.08. The van der Waals surface area contributed by atoms with Crippen LogP contribution in [0, 0.1) is 5.41 Å². The molecule has 1 aromatic carbocycles. The Morgan fingerprint density at radius 3 is 2.39 bits per heavy atom. The van der Waals surface area contributed by atoms with Gasteiger partial charge in [0, 0.05) is 12.5 Å². The van der Waals surface area contributed by atoms with Gasteiger partial charge in [-0.2, -0.15) is 0 Å². The predicted octanol–water partition coefficient (Wildman–Crippen LogP) is 3.08. The van der Waals surface area contributed by atoms with Crippen LogP contribution in [0.3, 0.4) is 0 Å². The first kappa shape index (κ1) is 14.4. The van der Waals surface area contributed by atoms with Crippen molar-refractivity contribution in [3.8, 4) is 11.5 Å². The zero-order chi connectivity index (χ0) is 13.8. The van der Waals surface area contributed by atoms with Crippen LogP contribution < -0.4 is 14.8 Å². The van der Waals surface area contributed by atoms with Crippen LogP contribution in [-0.2, 0) is 4.79 Å². The molecule has 0 aliphatic rings. The van der Waals surface area contributed by atoms with E-state index in [1.165, 1.54) is 0 Å². The molecular weight excluding hydrogens is 230 g/mol. The highest BCUT2D eigenvalue weighted by Gasteiger charge is 2.17. The van der Waals surface area contributed by atoms with Gasteiger partial charge in [0.15, 0.2) is 0 Å². The monoisotopic (exact) mass is 251 g/mol. The van der Waals surface area contributed by atoms with Crippen molar-refractivity contribution in [1.29, 1.82) is 0 Å². The number of carbonyl (C=O) groups is 1. The Kier molecular flexibility index (Phi) is 4.59. The van der Waals surface area contributed by atoms with Crippen molar-refractivity contribution >= 4 is 11.6 Å². The fourth-order valence-corrected chi connectivity index (χ4v) is 1.58. The highest BCUT2D eigenvalue weighted by atomic mass is 16.5. The van der Waals surface area contributed by atoms with E-state index < -0.39 is 0 Å². The Balaban J connectivity index is 2.81. The highest BCUT2D eigenvalue weighted by Crippen LogP contribution is 2.29. The Bertz CT molecular complexity index is 422. The fraction of sp³-hybridized carbons (Fsp3) is 0.500. The van der Waals surface area contributed by atoms with E-state index in [2.05, 4.69) is 5.32 Å². The van der Waals surface area contributed by atoms with Crippen molar-refractivity contribution in [1.82, 2.24) is 0 Å². The van der Waals surface area contributed by atoms with Crippen LogP contribution >= 0.6 is 0 Å². The minimum atomic E-state index is -0.0379. The Hall–Kier alpha value is -1.71. The summed E-state index contributed by atoms with van der Waals surface area (Å²) < 4.78 is 10.3. The third-order valence-corrected chi connectivity index (χ3v) is 2.37. The second-order valence-electron chi connectivity index (χ2n) is 5.35. The van der Waals surface area contributed by atoms with Crippen LogP contribution in [0.1, 0.15) is 27.2 Å². The lowest BCUT2D eigenvalue weighted by atomic mass is 9.92. The summed E-state index contributed by atoms with van der Waals surface area (Å²) in [5, 5.41) is 2.85. The lowest BCUT2D eigenvalue weighted by Crippen LogP contribution is -2.19. The summed E-state index contributed by atoms with van der Waals surface area (Å²) in [4.78, 5) is 11.9. The summed E-state index contributed by atoms with van der Waals surface area (Å²) >= 11 is 0. The molecule has 1 N–H and O–H groups in total. The maximum absolute atomic E-state index is 11.9. The van der Waals surface area contributed by atoms with Gasteiger partial charge >= 0.3 is 0 Å². The second-order valence-corrected chi connectivity index (χ2v) is 5.35. The van der Waals surface area contributed by atoms with Crippen LogP contribution in [0.15, 0.2) is 18.2 Å². The number of anilines is 1. The summed E-state index contributed by atoms with van der Waals surface area (Å²) in [5.41, 5.74) is 0.622. The molecule has 0 aliphatic heterocycles. The average molecular weight is 251 g/mol. The molecule has 18 heavy (non-hydrogen) atoms. The van der Waals surface area contributed by atoms with Crippen molar-refractivity contribution in [2.24, 2.45) is 5.41 Å². The number of amides is 1. The Morgan fingerprint density at radius 2 is 1.89 bits per heavy atom. The molecule has 4 heteroatoms. The first-order valence-electron chi connectivity index (χ1n) is 5.87. The van der Waals surface area contributed by atoms with Crippen molar-refractivity contribution in [3.63, 3.8) is 0 Å². The van der Waals surface area contributed by atoms with E-state index in [9.17, 15) is 4.79 Å². The molecule has 1 aromatic rings. The van der Waals surface area contributed by atoms with E-state index in [1.807, 2.05) is 20.8 Å². The molecule has 4 nitrogen and oxygen atoms in total. The molecule has 0 aromatic heterocycles. The number of rotatable bonds is 4. The van der Waals surface area contributed by atoms with Crippen LogP contribution in [0.5, 0.6) is 11.5 Å². The lowest BCUT2D eigenvalue weighted by Gasteiger charge is -2.18. The van der Waals surface area contributed by atoms with Gasteiger partial charge in [-0.25, -0.2) is 0 Å². The minimum Gasteiger partial charge on any atom is -0.497 e. The van der Waals surface area contributed by atoms with Gasteiger partial charge in [0.25, 0.3) is 0 Å². The second kappa shape index (κ2) is 5.76. The summed E-state index contributed by atoms with van der Waals surface area (Å²) in [6.07, 6.45) is 0.460. The maximum atomic E-state index is 11.9. The fourth-order valence-electron chi connectivity index (χ4n) is 1.58. The minimum absolute atomic E-state index is 0.0223. The van der Waals surface area contributed by atoms with Gasteiger partial charge in [-0.15, -0.1) is 0 Å². The number of hydrogen-bond acceptors (Lipinski definition) is 3. The number of nitrogens with one attached hydrogen (secondary N) is 1. The van der Waals surface area contributed by atoms with E-state index in [1.54, 1.807) is 32.4 Å². The zero-order valence-electron chi connectivity index (χ0n) is 11.7. The molecule has 0 spiro atoms. The number of methoxy groups -OCH3 is 2. The molecular formula is C14H21NO3. The van der Waals surface area contributed by atoms with Crippen molar-refractivity contribution in [2.75, 3.05) is 19.5 Å². The lowest BCUT2D eigenvalue weighted by molar-refractivity contribution is -0.117. The first-order chi connectivity index (χ1) is 8.35. The first-order valence-corrected chi connectivity index (χ1v) is 5.87. The summed E-state index contributed by atoms with van der Waals surface area (Å²) in [6, 6.07) is 5.31. The van der Waals surface area contributed by atoms with Crippen molar-refractivity contribution < 1.29 is 14.3 Å². The van der Waals surface area contributed by atoms with Crippen LogP contribution in [0.25, 0.3) is 0 Å². The Labute approximate surface area is 108 Å². The topological polar surface area (TPSA) is 47.6 Å². The normalized spacial score (nSPS) is 10.9. The van der Waals surface area contributed by atoms with Gasteiger partial charge in [0.1, 0.15) is 11.5 Å². The summed E-state index contributed by atoms with van der Waals surface area (Å²) in [7, 11) is 3.15. The molecule has 0 radical (unpaired) electrons. The number of ether oxygens (including phenoxy) is 2. The quantitative estimate of drug-likeness (QED) is 0.894. The van der Waals surface area contributed by atoms with E-state index >= 15 is 0 Å². The molecule has 1 rings (SSSR count). The molecule has 0 fully saturated rings. The van der Waals surface area contributed by atoms with Gasteiger partial charge in [-0.05, 0) is 17.5 Å². The molecule has 0 bridgehead atoms. The van der Waals surface area contributed by atoms with E-state index in [4.69, 9.17) is 9.47 Å². The van der Waals surface area contributed by atoms with E-state index in [-0.39, 0.29) is 11.3 Å². The van der Waals surface area contributed by atoms with E-state index in [0.29, 0.717) is 23.6 Å². The molecule has 0 heterocycles. The molecule has 0 aliphatic carbocycles. The standard InChI is InChI=1S/C14H21NO3/c1-14(2,3)9-13(16)15-11-7-6-10(17-4)8-12(11)18-5/h6-8H,9H2,1-5H3,(H,15,16). The third kappa shape index (κ3) is 4.28. The van der Waals surface area contributed by atoms with Gasteiger partial charge in [-0.3, -0.25) is 4.79 Å². The molecule has 1 amide bonds. The van der Waals surface area contributed by atoms with Gasteiger partial charge in [-0.1, -0.05) is 20.8 Å². The SMILES string of the molecule is COc1ccc(NC(=O)CC(C)(C)C)c(OC)c1. The summed E-state index contributed by atoms with van der Waals surface area (Å²) in [5.74, 6) is 1.27. The number of carbonyl (C=O) groups excluding carboxylic acids is 1. The van der Waals surface area contributed by atoms with Gasteiger partial charge in [0.2, 0.25) is 5.91 Å². The molecule has 0 saturated carbocycles. The third-order valence-electron chi connectivity index (χ3n) is 2.37. The van der Waals surface area contributed by atoms with Crippen LogP contribution in [0.4, 0.5) is 5.69 Å². The largest absolute Gasteiger partial charge is 0.497 e. The van der Waals surface area contributed by atoms with Crippen molar-refractivity contribution in [3.05, 3.63) is 18.2 Å². The van der Waals surface area contributed by atoms with Crippen molar-refractivity contribution in [2.45, 2.75) is 27.2 Å².